The molecule has 0 spiro atoms. The molecule has 2 nitrogen and oxygen atoms in total. The summed E-state index contributed by atoms with van der Waals surface area (Å²) in [5.74, 6) is 0. The Morgan fingerprint density at radius 3 is 2.39 bits per heavy atom. The topological polar surface area (TPSA) is 24.9 Å². The molecule has 2 heteroatoms. The van der Waals surface area contributed by atoms with Gasteiger partial charge >= 0.3 is 0 Å². The van der Waals surface area contributed by atoms with Gasteiger partial charge < -0.3 is 5.32 Å². The quantitative estimate of drug-likeness (QED) is 0.886. The summed E-state index contributed by atoms with van der Waals surface area (Å²) in [6, 6.07) is 13.0. The van der Waals surface area contributed by atoms with Gasteiger partial charge in [-0.1, -0.05) is 36.8 Å². The highest BCUT2D eigenvalue weighted by atomic mass is 14.9. The van der Waals surface area contributed by atoms with Crippen LogP contribution in [0.2, 0.25) is 0 Å². The van der Waals surface area contributed by atoms with Gasteiger partial charge in [0.15, 0.2) is 0 Å². The van der Waals surface area contributed by atoms with Gasteiger partial charge in [0.05, 0.1) is 11.7 Å². The van der Waals surface area contributed by atoms with Gasteiger partial charge in [-0.15, -0.1) is 0 Å². The van der Waals surface area contributed by atoms with E-state index in [1.54, 1.807) is 0 Å². The van der Waals surface area contributed by atoms with Crippen LogP contribution in [-0.2, 0) is 0 Å². The molecule has 94 valence electrons. The Labute approximate surface area is 109 Å². The molecule has 1 atom stereocenters. The first-order chi connectivity index (χ1) is 8.70. The highest BCUT2D eigenvalue weighted by Crippen LogP contribution is 2.21. The van der Waals surface area contributed by atoms with Gasteiger partial charge in [0.2, 0.25) is 0 Å². The van der Waals surface area contributed by atoms with E-state index in [9.17, 15) is 0 Å². The summed E-state index contributed by atoms with van der Waals surface area (Å²) in [5.41, 5.74) is 4.88. The molecule has 0 saturated heterocycles. The Morgan fingerprint density at radius 2 is 1.78 bits per heavy atom. The third-order valence-electron chi connectivity index (χ3n) is 3.05. The highest BCUT2D eigenvalue weighted by Gasteiger charge is 2.13. The van der Waals surface area contributed by atoms with Gasteiger partial charge in [-0.05, 0) is 43.7 Å². The van der Waals surface area contributed by atoms with Crippen LogP contribution in [0.25, 0.3) is 0 Å². The van der Waals surface area contributed by atoms with Gasteiger partial charge in [0, 0.05) is 6.20 Å². The van der Waals surface area contributed by atoms with Crippen LogP contribution in [0.3, 0.4) is 0 Å². The van der Waals surface area contributed by atoms with Crippen molar-refractivity contribution in [1.82, 2.24) is 10.3 Å². The molecule has 1 aromatic heterocycles. The summed E-state index contributed by atoms with van der Waals surface area (Å²) in [7, 11) is 0. The smallest absolute Gasteiger partial charge is 0.0751 e. The highest BCUT2D eigenvalue weighted by molar-refractivity contribution is 5.31. The lowest BCUT2D eigenvalue weighted by Crippen LogP contribution is -2.23. The summed E-state index contributed by atoms with van der Waals surface area (Å²) in [6.45, 7) is 7.26. The van der Waals surface area contributed by atoms with Gasteiger partial charge in [0.25, 0.3) is 0 Å². The summed E-state index contributed by atoms with van der Waals surface area (Å²) in [4.78, 5) is 4.49. The molecule has 2 aromatic rings. The zero-order chi connectivity index (χ0) is 13.0. The number of rotatable bonds is 4. The molecule has 2 rings (SSSR count). The van der Waals surface area contributed by atoms with E-state index in [0.717, 1.165) is 12.2 Å². The second kappa shape index (κ2) is 5.78. The average molecular weight is 240 g/mol. The zero-order valence-corrected chi connectivity index (χ0v) is 11.3. The van der Waals surface area contributed by atoms with E-state index >= 15 is 0 Å². The van der Waals surface area contributed by atoms with Crippen LogP contribution in [0.15, 0.2) is 42.6 Å². The lowest BCUT2D eigenvalue weighted by Gasteiger charge is -2.18. The van der Waals surface area contributed by atoms with Crippen LogP contribution >= 0.6 is 0 Å². The van der Waals surface area contributed by atoms with E-state index in [0.29, 0.717) is 0 Å². The van der Waals surface area contributed by atoms with Crippen LogP contribution < -0.4 is 5.32 Å². The molecule has 1 aromatic carbocycles. The van der Waals surface area contributed by atoms with Gasteiger partial charge in [-0.2, -0.15) is 0 Å². The van der Waals surface area contributed by atoms with Crippen molar-refractivity contribution in [3.05, 3.63) is 65.0 Å². The standard InChI is InChI=1S/C16H20N2/c1-4-17-16(14-7-5-12(2)6-8-14)15-11-13(3)9-10-18-15/h5-11,16-17H,4H2,1-3H3. The molecular formula is C16H20N2. The first-order valence-electron chi connectivity index (χ1n) is 6.43. The summed E-state index contributed by atoms with van der Waals surface area (Å²) in [5, 5.41) is 3.50. The molecule has 0 radical (unpaired) electrons. The maximum atomic E-state index is 4.49. The number of aryl methyl sites for hydroxylation is 2. The molecule has 0 aliphatic rings. The molecule has 1 N–H and O–H groups in total. The second-order valence-electron chi connectivity index (χ2n) is 4.66. The Kier molecular flexibility index (Phi) is 4.11. The van der Waals surface area contributed by atoms with E-state index in [1.807, 2.05) is 12.3 Å². The molecular weight excluding hydrogens is 220 g/mol. The molecule has 1 heterocycles. The van der Waals surface area contributed by atoms with Crippen molar-refractivity contribution >= 4 is 0 Å². The second-order valence-corrected chi connectivity index (χ2v) is 4.66. The van der Waals surface area contributed by atoms with E-state index < -0.39 is 0 Å². The minimum Gasteiger partial charge on any atom is -0.305 e. The van der Waals surface area contributed by atoms with E-state index in [1.165, 1.54) is 16.7 Å². The fraction of sp³-hybridized carbons (Fsp3) is 0.312. The van der Waals surface area contributed by atoms with Crippen molar-refractivity contribution in [3.8, 4) is 0 Å². The summed E-state index contributed by atoms with van der Waals surface area (Å²) in [6.07, 6.45) is 1.88. The molecule has 0 bridgehead atoms. The summed E-state index contributed by atoms with van der Waals surface area (Å²) >= 11 is 0. The van der Waals surface area contributed by atoms with E-state index in [-0.39, 0.29) is 6.04 Å². The normalized spacial score (nSPS) is 12.4. The van der Waals surface area contributed by atoms with Crippen LogP contribution in [0.1, 0.15) is 35.3 Å². The van der Waals surface area contributed by atoms with Crippen molar-refractivity contribution in [3.63, 3.8) is 0 Å². The third-order valence-corrected chi connectivity index (χ3v) is 3.05. The summed E-state index contributed by atoms with van der Waals surface area (Å²) < 4.78 is 0. The zero-order valence-electron chi connectivity index (χ0n) is 11.3. The maximum absolute atomic E-state index is 4.49. The van der Waals surface area contributed by atoms with Gasteiger partial charge in [-0.3, -0.25) is 4.98 Å². The molecule has 0 saturated carbocycles. The SMILES string of the molecule is CCNC(c1ccc(C)cc1)c1cc(C)ccn1. The Bertz CT molecular complexity index is 503. The predicted molar refractivity (Wildman–Crippen MR) is 75.7 cm³/mol. The van der Waals surface area contributed by atoms with Crippen molar-refractivity contribution in [2.75, 3.05) is 6.54 Å². The van der Waals surface area contributed by atoms with E-state index in [4.69, 9.17) is 0 Å². The van der Waals surface area contributed by atoms with Crippen molar-refractivity contribution in [1.29, 1.82) is 0 Å². The van der Waals surface area contributed by atoms with Crippen molar-refractivity contribution in [2.45, 2.75) is 26.8 Å². The fourth-order valence-corrected chi connectivity index (χ4v) is 2.07. The number of aromatic nitrogens is 1. The minimum atomic E-state index is 0.176. The van der Waals surface area contributed by atoms with Crippen LogP contribution in [-0.4, -0.2) is 11.5 Å². The lowest BCUT2D eigenvalue weighted by molar-refractivity contribution is 0.615. The van der Waals surface area contributed by atoms with Crippen LogP contribution in [0.4, 0.5) is 0 Å². The fourth-order valence-electron chi connectivity index (χ4n) is 2.07. The van der Waals surface area contributed by atoms with Gasteiger partial charge in [-0.25, -0.2) is 0 Å². The van der Waals surface area contributed by atoms with Gasteiger partial charge in [0.1, 0.15) is 0 Å². The number of hydrogen-bond donors (Lipinski definition) is 1. The van der Waals surface area contributed by atoms with Crippen LogP contribution in [0, 0.1) is 13.8 Å². The number of nitrogens with one attached hydrogen (secondary N) is 1. The first kappa shape index (κ1) is 12.8. The number of pyridine rings is 1. The third kappa shape index (κ3) is 2.96. The maximum Gasteiger partial charge on any atom is 0.0751 e. The number of hydrogen-bond acceptors (Lipinski definition) is 2. The predicted octanol–water partition coefficient (Wildman–Crippen LogP) is 3.40. The average Bonchev–Trinajstić information content (AvgIpc) is 2.37. The molecule has 18 heavy (non-hydrogen) atoms. The Hall–Kier alpha value is -1.67. The number of nitrogens with zero attached hydrogens (tertiary/aromatic N) is 1. The Balaban J connectivity index is 2.36. The van der Waals surface area contributed by atoms with Crippen LogP contribution in [0.5, 0.6) is 0 Å². The molecule has 1 unspecified atom stereocenters. The van der Waals surface area contributed by atoms with Crippen molar-refractivity contribution in [2.24, 2.45) is 0 Å². The largest absolute Gasteiger partial charge is 0.305 e. The lowest BCUT2D eigenvalue weighted by atomic mass is 10.0. The monoisotopic (exact) mass is 240 g/mol. The minimum absolute atomic E-state index is 0.176. The van der Waals surface area contributed by atoms with E-state index in [2.05, 4.69) is 61.4 Å². The molecule has 0 fully saturated rings. The molecule has 0 aliphatic heterocycles. The molecule has 0 aliphatic carbocycles. The molecule has 0 amide bonds. The first-order valence-corrected chi connectivity index (χ1v) is 6.43. The number of benzene rings is 1. The van der Waals surface area contributed by atoms with Crippen molar-refractivity contribution < 1.29 is 0 Å². The Morgan fingerprint density at radius 1 is 1.06 bits per heavy atom.